The lowest BCUT2D eigenvalue weighted by Crippen LogP contribution is -2.00. The van der Waals surface area contributed by atoms with E-state index in [0.717, 1.165) is 60.7 Å². The molecule has 12 aromatic rings. The average Bonchev–Trinajstić information content (AvgIpc) is 3.85. The number of nitrogens with zero attached hydrogens (tertiary/aromatic N) is 4. The fourth-order valence-corrected chi connectivity index (χ4v) is 8.80. The van der Waals surface area contributed by atoms with E-state index in [0.29, 0.717) is 17.5 Å². The number of aromatic nitrogens is 4. The van der Waals surface area contributed by atoms with Gasteiger partial charge in [-0.1, -0.05) is 164 Å². The molecule has 270 valence electrons. The molecule has 0 aliphatic heterocycles. The van der Waals surface area contributed by atoms with Crippen LogP contribution in [0.25, 0.3) is 116 Å². The van der Waals surface area contributed by atoms with Crippen LogP contribution in [0.3, 0.4) is 0 Å². The molecule has 9 aromatic carbocycles. The molecule has 5 heteroatoms. The monoisotopic (exact) mass is 740 g/mol. The van der Waals surface area contributed by atoms with Crippen LogP contribution in [0.1, 0.15) is 0 Å². The van der Waals surface area contributed by atoms with Crippen molar-refractivity contribution in [1.29, 1.82) is 0 Å². The van der Waals surface area contributed by atoms with Crippen LogP contribution in [0.4, 0.5) is 0 Å². The zero-order valence-electron chi connectivity index (χ0n) is 31.2. The van der Waals surface area contributed by atoms with Crippen molar-refractivity contribution in [1.82, 2.24) is 19.5 Å². The predicted octanol–water partition coefficient (Wildman–Crippen LogP) is 13.8. The van der Waals surface area contributed by atoms with Gasteiger partial charge >= 0.3 is 0 Å². The lowest BCUT2D eigenvalue weighted by Gasteiger charge is -2.13. The fourth-order valence-electron chi connectivity index (χ4n) is 8.80. The molecule has 0 aliphatic carbocycles. The molecule has 5 nitrogen and oxygen atoms in total. The van der Waals surface area contributed by atoms with E-state index in [1.165, 1.54) is 38.1 Å². The van der Waals surface area contributed by atoms with E-state index < -0.39 is 0 Å². The Balaban J connectivity index is 1.12. The van der Waals surface area contributed by atoms with Gasteiger partial charge in [-0.25, -0.2) is 15.0 Å². The van der Waals surface area contributed by atoms with Gasteiger partial charge < -0.3 is 8.98 Å². The van der Waals surface area contributed by atoms with E-state index in [2.05, 4.69) is 156 Å². The number of hydrogen-bond donors (Lipinski definition) is 0. The van der Waals surface area contributed by atoms with Gasteiger partial charge in [0.25, 0.3) is 0 Å². The van der Waals surface area contributed by atoms with Crippen LogP contribution in [-0.4, -0.2) is 19.5 Å². The normalized spacial score (nSPS) is 11.8. The Bertz CT molecular complexity index is 3570. The first-order valence-corrected chi connectivity index (χ1v) is 19.5. The maximum Gasteiger partial charge on any atom is 0.164 e. The first-order valence-electron chi connectivity index (χ1n) is 19.5. The van der Waals surface area contributed by atoms with E-state index in [4.69, 9.17) is 19.4 Å². The van der Waals surface area contributed by atoms with Gasteiger partial charge in [-0.15, -0.1) is 0 Å². The molecule has 0 bridgehead atoms. The number of furan rings is 1. The summed E-state index contributed by atoms with van der Waals surface area (Å²) in [5, 5.41) is 9.03. The molecular formula is C53H32N4O. The third-order valence-corrected chi connectivity index (χ3v) is 11.4. The van der Waals surface area contributed by atoms with Crippen molar-refractivity contribution in [2.24, 2.45) is 0 Å². The van der Waals surface area contributed by atoms with Crippen molar-refractivity contribution < 1.29 is 4.42 Å². The molecule has 0 N–H and O–H groups in total. The maximum absolute atomic E-state index is 6.96. The lowest BCUT2D eigenvalue weighted by atomic mass is 9.95. The second-order valence-electron chi connectivity index (χ2n) is 14.8. The third kappa shape index (κ3) is 5.00. The molecule has 0 saturated carbocycles. The van der Waals surface area contributed by atoms with Crippen LogP contribution in [0.2, 0.25) is 0 Å². The Morgan fingerprint density at radius 3 is 1.84 bits per heavy atom. The summed E-state index contributed by atoms with van der Waals surface area (Å²) in [5.74, 6) is 1.82. The van der Waals surface area contributed by atoms with Crippen LogP contribution < -0.4 is 0 Å². The Kier molecular flexibility index (Phi) is 7.16. The number of rotatable bonds is 5. The van der Waals surface area contributed by atoms with E-state index in [1.807, 2.05) is 42.5 Å². The molecule has 0 saturated heterocycles. The highest BCUT2D eigenvalue weighted by atomic mass is 16.3. The standard InChI is InChI=1S/C53H32N4O/c1-3-16-34(17-4-1)43-32-44-39-22-11-12-26-45(39)57(49(44)40-23-10-9-21-38(40)43)46-27-13-24-41-48-42(25-14-28-47(48)58-50(41)46)53-55-51(35-18-5-2-6-19-35)54-52(56-53)37-30-29-33-15-7-8-20-36(33)31-37/h1-32H. The molecule has 0 radical (unpaired) electrons. The van der Waals surface area contributed by atoms with Crippen LogP contribution in [-0.2, 0) is 0 Å². The Morgan fingerprint density at radius 2 is 1.02 bits per heavy atom. The largest absolute Gasteiger partial charge is 0.454 e. The first kappa shape index (κ1) is 32.4. The average molecular weight is 741 g/mol. The number of benzene rings is 9. The van der Waals surface area contributed by atoms with Gasteiger partial charge in [0, 0.05) is 43.6 Å². The minimum atomic E-state index is 0.590. The smallest absolute Gasteiger partial charge is 0.164 e. The topological polar surface area (TPSA) is 56.7 Å². The fraction of sp³-hybridized carbons (Fsp3) is 0. The van der Waals surface area contributed by atoms with Crippen LogP contribution in [0.15, 0.2) is 199 Å². The van der Waals surface area contributed by atoms with Gasteiger partial charge in [-0.2, -0.15) is 0 Å². The number of hydrogen-bond acceptors (Lipinski definition) is 4. The molecule has 0 atom stereocenters. The molecule has 0 aliphatic rings. The van der Waals surface area contributed by atoms with Gasteiger partial charge in [-0.05, 0) is 57.6 Å². The molecular weight excluding hydrogens is 709 g/mol. The van der Waals surface area contributed by atoms with E-state index in [9.17, 15) is 0 Å². The van der Waals surface area contributed by atoms with E-state index >= 15 is 0 Å². The maximum atomic E-state index is 6.96. The summed E-state index contributed by atoms with van der Waals surface area (Å²) in [7, 11) is 0. The third-order valence-electron chi connectivity index (χ3n) is 11.4. The second-order valence-corrected chi connectivity index (χ2v) is 14.8. The van der Waals surface area contributed by atoms with E-state index in [1.54, 1.807) is 0 Å². The minimum absolute atomic E-state index is 0.590. The molecule has 0 amide bonds. The van der Waals surface area contributed by atoms with E-state index in [-0.39, 0.29) is 0 Å². The van der Waals surface area contributed by atoms with Gasteiger partial charge in [0.15, 0.2) is 23.1 Å². The summed E-state index contributed by atoms with van der Waals surface area (Å²) < 4.78 is 9.35. The van der Waals surface area contributed by atoms with Crippen molar-refractivity contribution in [3.8, 4) is 51.0 Å². The van der Waals surface area contributed by atoms with Crippen molar-refractivity contribution in [2.45, 2.75) is 0 Å². The van der Waals surface area contributed by atoms with Gasteiger partial charge in [0.1, 0.15) is 5.58 Å². The predicted molar refractivity (Wildman–Crippen MR) is 238 cm³/mol. The SMILES string of the molecule is c1ccc(-c2nc(-c3ccc4ccccc4c3)nc(-c3cccc4oc5c(-n6c7ccccc7c7cc(-c8ccccc8)c8ccccc8c76)cccc5c34)n2)cc1. The highest BCUT2D eigenvalue weighted by Gasteiger charge is 2.23. The summed E-state index contributed by atoms with van der Waals surface area (Å²) >= 11 is 0. The highest BCUT2D eigenvalue weighted by molar-refractivity contribution is 6.23. The zero-order chi connectivity index (χ0) is 38.2. The zero-order valence-corrected chi connectivity index (χ0v) is 31.2. The summed E-state index contributed by atoms with van der Waals surface area (Å²) in [5.41, 5.74) is 9.96. The van der Waals surface area contributed by atoms with Crippen LogP contribution in [0, 0.1) is 0 Å². The quantitative estimate of drug-likeness (QED) is 0.176. The first-order chi connectivity index (χ1) is 28.8. The van der Waals surface area contributed by atoms with Crippen LogP contribution in [0.5, 0.6) is 0 Å². The lowest BCUT2D eigenvalue weighted by molar-refractivity contribution is 0.666. The number of fused-ring (bicyclic) bond motifs is 9. The van der Waals surface area contributed by atoms with Gasteiger partial charge in [-0.3, -0.25) is 0 Å². The minimum Gasteiger partial charge on any atom is -0.454 e. The van der Waals surface area contributed by atoms with Crippen LogP contribution >= 0.6 is 0 Å². The summed E-state index contributed by atoms with van der Waals surface area (Å²) in [6.45, 7) is 0. The molecule has 0 fully saturated rings. The Hall–Kier alpha value is -7.89. The Labute approximate surface area is 333 Å². The summed E-state index contributed by atoms with van der Waals surface area (Å²) in [4.78, 5) is 15.4. The molecule has 3 aromatic heterocycles. The van der Waals surface area contributed by atoms with Crippen molar-refractivity contribution in [3.63, 3.8) is 0 Å². The van der Waals surface area contributed by atoms with Gasteiger partial charge in [0.05, 0.1) is 16.7 Å². The second kappa shape index (κ2) is 12.8. The molecule has 12 rings (SSSR count). The molecule has 0 spiro atoms. The Morgan fingerprint density at radius 1 is 0.379 bits per heavy atom. The molecule has 0 unspecified atom stereocenters. The van der Waals surface area contributed by atoms with Crippen molar-refractivity contribution in [2.75, 3.05) is 0 Å². The summed E-state index contributed by atoms with van der Waals surface area (Å²) in [6.07, 6.45) is 0. The van der Waals surface area contributed by atoms with Gasteiger partial charge in [0.2, 0.25) is 0 Å². The summed E-state index contributed by atoms with van der Waals surface area (Å²) in [6, 6.07) is 67.9. The molecule has 58 heavy (non-hydrogen) atoms. The van der Waals surface area contributed by atoms with Crippen molar-refractivity contribution >= 4 is 65.3 Å². The highest BCUT2D eigenvalue weighted by Crippen LogP contribution is 2.44. The van der Waals surface area contributed by atoms with Crippen molar-refractivity contribution in [3.05, 3.63) is 194 Å². The number of para-hydroxylation sites is 2. The molecule has 3 heterocycles.